The molecule has 0 heterocycles. The van der Waals surface area contributed by atoms with Gasteiger partial charge in [-0.15, -0.1) is 0 Å². The summed E-state index contributed by atoms with van der Waals surface area (Å²) in [5.41, 5.74) is 1.51. The molecule has 3 aromatic rings. The summed E-state index contributed by atoms with van der Waals surface area (Å²) in [6.45, 7) is 0.140. The van der Waals surface area contributed by atoms with E-state index in [0.29, 0.717) is 18.7 Å². The van der Waals surface area contributed by atoms with Crippen LogP contribution in [0.25, 0.3) is 0 Å². The summed E-state index contributed by atoms with van der Waals surface area (Å²) >= 11 is 0. The molecular formula is C24H26N2O4S. The summed E-state index contributed by atoms with van der Waals surface area (Å²) in [4.78, 5) is 12.7. The second-order valence-electron chi connectivity index (χ2n) is 6.93. The summed E-state index contributed by atoms with van der Waals surface area (Å²) in [5, 5.41) is 2.83. The van der Waals surface area contributed by atoms with E-state index < -0.39 is 10.0 Å². The molecule has 0 bridgehead atoms. The van der Waals surface area contributed by atoms with Gasteiger partial charge in [0.05, 0.1) is 17.7 Å². The number of methoxy groups -OCH3 is 1. The molecule has 7 heteroatoms. The fraction of sp³-hybridized carbons (Fsp3) is 0.208. The number of aryl methyl sites for hydroxylation is 1. The van der Waals surface area contributed by atoms with Crippen LogP contribution in [0.2, 0.25) is 0 Å². The summed E-state index contributed by atoms with van der Waals surface area (Å²) in [5.74, 6) is 0.460. The van der Waals surface area contributed by atoms with Crippen LogP contribution in [0.3, 0.4) is 0 Å². The summed E-state index contributed by atoms with van der Waals surface area (Å²) in [6, 6.07) is 24.5. The van der Waals surface area contributed by atoms with Crippen molar-refractivity contribution in [1.29, 1.82) is 0 Å². The van der Waals surface area contributed by atoms with Crippen molar-refractivity contribution in [3.8, 4) is 5.75 Å². The van der Waals surface area contributed by atoms with Crippen molar-refractivity contribution in [2.75, 3.05) is 24.5 Å². The van der Waals surface area contributed by atoms with E-state index in [0.717, 1.165) is 22.0 Å². The SMILES string of the molecule is COc1ccccc1CCCNC(=O)CN(c1ccccc1)S(=O)(=O)c1ccccc1. The predicted octanol–water partition coefficient (Wildman–Crippen LogP) is 3.64. The Bertz CT molecular complexity index is 1090. The molecule has 6 nitrogen and oxygen atoms in total. The number of ether oxygens (including phenoxy) is 1. The fourth-order valence-corrected chi connectivity index (χ4v) is 4.67. The number of rotatable bonds is 10. The van der Waals surface area contributed by atoms with Gasteiger partial charge in [-0.2, -0.15) is 0 Å². The first-order valence-corrected chi connectivity index (χ1v) is 11.5. The van der Waals surface area contributed by atoms with E-state index >= 15 is 0 Å². The molecule has 0 aliphatic heterocycles. The standard InChI is InChI=1S/C24H26N2O4S/c1-30-23-17-9-8-11-20(23)12-10-18-25-24(27)19-26(21-13-4-2-5-14-21)31(28,29)22-15-6-3-7-16-22/h2-9,11,13-17H,10,12,18-19H2,1H3,(H,25,27). The third kappa shape index (κ3) is 5.86. The molecule has 1 amide bonds. The molecule has 0 fully saturated rings. The highest BCUT2D eigenvalue weighted by Gasteiger charge is 2.26. The molecule has 0 saturated carbocycles. The Balaban J connectivity index is 1.65. The number of carbonyl (C=O) groups is 1. The number of amides is 1. The van der Waals surface area contributed by atoms with Gasteiger partial charge in [0.1, 0.15) is 12.3 Å². The highest BCUT2D eigenvalue weighted by molar-refractivity contribution is 7.92. The van der Waals surface area contributed by atoms with Crippen molar-refractivity contribution in [3.63, 3.8) is 0 Å². The number of hydrogen-bond donors (Lipinski definition) is 1. The first-order valence-electron chi connectivity index (χ1n) is 10.0. The number of carbonyl (C=O) groups excluding carboxylic acids is 1. The molecule has 0 unspecified atom stereocenters. The molecule has 1 N–H and O–H groups in total. The van der Waals surface area contributed by atoms with Gasteiger partial charge in [0.25, 0.3) is 10.0 Å². The normalized spacial score (nSPS) is 11.0. The molecule has 0 radical (unpaired) electrons. The van der Waals surface area contributed by atoms with E-state index in [1.807, 2.05) is 24.3 Å². The van der Waals surface area contributed by atoms with Crippen LogP contribution in [0, 0.1) is 0 Å². The smallest absolute Gasteiger partial charge is 0.264 e. The minimum Gasteiger partial charge on any atom is -0.496 e. The number of sulfonamides is 1. The minimum absolute atomic E-state index is 0.142. The maximum Gasteiger partial charge on any atom is 0.264 e. The largest absolute Gasteiger partial charge is 0.496 e. The van der Waals surface area contributed by atoms with Crippen LogP contribution >= 0.6 is 0 Å². The molecule has 0 spiro atoms. The van der Waals surface area contributed by atoms with Crippen LogP contribution in [-0.4, -0.2) is 34.5 Å². The van der Waals surface area contributed by atoms with Gasteiger partial charge in [-0.3, -0.25) is 9.10 Å². The van der Waals surface area contributed by atoms with E-state index in [-0.39, 0.29) is 17.3 Å². The van der Waals surface area contributed by atoms with Gasteiger partial charge < -0.3 is 10.1 Å². The summed E-state index contributed by atoms with van der Waals surface area (Å²) in [6.07, 6.45) is 1.46. The zero-order chi connectivity index (χ0) is 22.1. The zero-order valence-electron chi connectivity index (χ0n) is 17.4. The van der Waals surface area contributed by atoms with E-state index in [1.165, 1.54) is 12.1 Å². The van der Waals surface area contributed by atoms with Crippen LogP contribution in [0.5, 0.6) is 5.75 Å². The highest BCUT2D eigenvalue weighted by atomic mass is 32.2. The molecule has 0 saturated heterocycles. The van der Waals surface area contributed by atoms with Crippen LogP contribution in [-0.2, 0) is 21.2 Å². The van der Waals surface area contributed by atoms with Gasteiger partial charge in [0.15, 0.2) is 0 Å². The third-order valence-electron chi connectivity index (χ3n) is 4.80. The van der Waals surface area contributed by atoms with Gasteiger partial charge in [0, 0.05) is 6.54 Å². The van der Waals surface area contributed by atoms with Crippen molar-refractivity contribution < 1.29 is 17.9 Å². The number of benzene rings is 3. The molecule has 0 aromatic heterocycles. The molecular weight excluding hydrogens is 412 g/mol. The molecule has 0 aliphatic carbocycles. The number of anilines is 1. The van der Waals surface area contributed by atoms with Gasteiger partial charge >= 0.3 is 0 Å². The first-order chi connectivity index (χ1) is 15.0. The van der Waals surface area contributed by atoms with Crippen molar-refractivity contribution >= 4 is 21.6 Å². The average molecular weight is 439 g/mol. The lowest BCUT2D eigenvalue weighted by Crippen LogP contribution is -2.41. The van der Waals surface area contributed by atoms with Crippen LogP contribution in [0.4, 0.5) is 5.69 Å². The first kappa shape index (κ1) is 22.4. The van der Waals surface area contributed by atoms with E-state index in [9.17, 15) is 13.2 Å². The molecule has 31 heavy (non-hydrogen) atoms. The highest BCUT2D eigenvalue weighted by Crippen LogP contribution is 2.23. The van der Waals surface area contributed by atoms with E-state index in [2.05, 4.69) is 5.32 Å². The Morgan fingerprint density at radius 2 is 1.52 bits per heavy atom. The third-order valence-corrected chi connectivity index (χ3v) is 6.59. The molecule has 3 rings (SSSR count). The number of para-hydroxylation sites is 2. The van der Waals surface area contributed by atoms with Gasteiger partial charge in [-0.05, 0) is 48.7 Å². The minimum atomic E-state index is -3.88. The lowest BCUT2D eigenvalue weighted by Gasteiger charge is -2.24. The lowest BCUT2D eigenvalue weighted by molar-refractivity contribution is -0.119. The predicted molar refractivity (Wildman–Crippen MR) is 122 cm³/mol. The monoisotopic (exact) mass is 438 g/mol. The average Bonchev–Trinajstić information content (AvgIpc) is 2.81. The molecule has 0 atom stereocenters. The maximum atomic E-state index is 13.2. The van der Waals surface area contributed by atoms with Gasteiger partial charge in [-0.25, -0.2) is 8.42 Å². The summed E-state index contributed by atoms with van der Waals surface area (Å²) in [7, 11) is -2.24. The van der Waals surface area contributed by atoms with Crippen molar-refractivity contribution in [2.24, 2.45) is 0 Å². The molecule has 0 aliphatic rings. The van der Waals surface area contributed by atoms with E-state index in [4.69, 9.17) is 4.74 Å². The maximum absolute atomic E-state index is 13.2. The Labute approximate surface area is 183 Å². The van der Waals surface area contributed by atoms with Gasteiger partial charge in [0.2, 0.25) is 5.91 Å². The van der Waals surface area contributed by atoms with Crippen molar-refractivity contribution in [1.82, 2.24) is 5.32 Å². The van der Waals surface area contributed by atoms with Crippen LogP contribution in [0.15, 0.2) is 89.8 Å². The molecule has 3 aromatic carbocycles. The molecule has 162 valence electrons. The van der Waals surface area contributed by atoms with E-state index in [1.54, 1.807) is 55.6 Å². The second kappa shape index (κ2) is 10.6. The second-order valence-corrected chi connectivity index (χ2v) is 8.79. The van der Waals surface area contributed by atoms with Crippen LogP contribution in [0.1, 0.15) is 12.0 Å². The number of hydrogen-bond acceptors (Lipinski definition) is 4. The van der Waals surface area contributed by atoms with Crippen molar-refractivity contribution in [3.05, 3.63) is 90.5 Å². The Kier molecular flexibility index (Phi) is 7.67. The lowest BCUT2D eigenvalue weighted by atomic mass is 10.1. The zero-order valence-corrected chi connectivity index (χ0v) is 18.2. The fourth-order valence-electron chi connectivity index (χ4n) is 3.23. The van der Waals surface area contributed by atoms with Crippen LogP contribution < -0.4 is 14.4 Å². The summed E-state index contributed by atoms with van der Waals surface area (Å²) < 4.78 is 32.9. The Hall–Kier alpha value is -3.32. The Morgan fingerprint density at radius 1 is 0.903 bits per heavy atom. The topological polar surface area (TPSA) is 75.7 Å². The Morgan fingerprint density at radius 3 is 2.19 bits per heavy atom. The quantitative estimate of drug-likeness (QED) is 0.491. The number of nitrogens with zero attached hydrogens (tertiary/aromatic N) is 1. The van der Waals surface area contributed by atoms with Crippen molar-refractivity contribution in [2.45, 2.75) is 17.7 Å². The van der Waals surface area contributed by atoms with Gasteiger partial charge in [-0.1, -0.05) is 54.6 Å². The number of nitrogens with one attached hydrogen (secondary N) is 1.